The Labute approximate surface area is 227 Å². The lowest BCUT2D eigenvalue weighted by Crippen LogP contribution is -2.66. The molecule has 1 aliphatic heterocycles. The van der Waals surface area contributed by atoms with Crippen LogP contribution in [0.1, 0.15) is 77.2 Å². The normalized spacial score (nSPS) is 23.6. The molecule has 7 nitrogen and oxygen atoms in total. The minimum Gasteiger partial charge on any atom is -0.493 e. The van der Waals surface area contributed by atoms with E-state index in [0.29, 0.717) is 17.7 Å². The van der Waals surface area contributed by atoms with E-state index in [2.05, 4.69) is 5.32 Å². The third-order valence-electron chi connectivity index (χ3n) is 8.19. The van der Waals surface area contributed by atoms with Crippen LogP contribution >= 0.6 is 0 Å². The van der Waals surface area contributed by atoms with Gasteiger partial charge in [-0.15, -0.1) is 0 Å². The lowest BCUT2D eigenvalue weighted by atomic mass is 9.72. The lowest BCUT2D eigenvalue weighted by Gasteiger charge is -2.35. The summed E-state index contributed by atoms with van der Waals surface area (Å²) in [5, 5.41) is 2.06. The fourth-order valence-electron chi connectivity index (χ4n) is 6.32. The van der Waals surface area contributed by atoms with Crippen molar-refractivity contribution in [1.29, 1.82) is 0 Å². The predicted molar refractivity (Wildman–Crippen MR) is 138 cm³/mol. The number of hydrogen-bond acceptors (Lipinski definition) is 5. The highest BCUT2D eigenvalue weighted by Crippen LogP contribution is 2.52. The van der Waals surface area contributed by atoms with Gasteiger partial charge in [-0.2, -0.15) is 13.2 Å². The molecule has 4 rings (SSSR count). The Bertz CT molecular complexity index is 1170. The average molecular weight is 551 g/mol. The highest BCUT2D eigenvalue weighted by Gasteiger charge is 2.71. The van der Waals surface area contributed by atoms with Gasteiger partial charge in [0.05, 0.1) is 26.3 Å². The zero-order chi connectivity index (χ0) is 28.6. The SMILES string of the molecule is COc1cccc(CN2C(=O)[C@](NC(=O)CCC3CCCCC3)(C(F)(F)F)C3=C2CC(C)(C)CC3=O)c1OC. The first-order valence-electron chi connectivity index (χ1n) is 13.5. The Morgan fingerprint density at radius 2 is 1.77 bits per heavy atom. The Balaban J connectivity index is 1.75. The molecule has 39 heavy (non-hydrogen) atoms. The monoisotopic (exact) mass is 550 g/mol. The van der Waals surface area contributed by atoms with E-state index in [1.54, 1.807) is 32.0 Å². The number of carbonyl (C=O) groups is 3. The van der Waals surface area contributed by atoms with Gasteiger partial charge in [-0.25, -0.2) is 0 Å². The van der Waals surface area contributed by atoms with Crippen molar-refractivity contribution in [1.82, 2.24) is 10.2 Å². The Kier molecular flexibility index (Phi) is 8.06. The summed E-state index contributed by atoms with van der Waals surface area (Å²) in [6.07, 6.45) is 0.0832. The summed E-state index contributed by atoms with van der Waals surface area (Å²) in [7, 11) is 2.83. The summed E-state index contributed by atoms with van der Waals surface area (Å²) in [6, 6.07) is 4.91. The number of nitrogens with one attached hydrogen (secondary N) is 1. The van der Waals surface area contributed by atoms with Gasteiger partial charge >= 0.3 is 6.18 Å². The molecule has 1 heterocycles. The molecule has 1 saturated carbocycles. The van der Waals surface area contributed by atoms with Gasteiger partial charge in [0.15, 0.2) is 17.3 Å². The minimum atomic E-state index is -5.23. The maximum Gasteiger partial charge on any atom is 0.425 e. The molecule has 0 unspecified atom stereocenters. The van der Waals surface area contributed by atoms with Gasteiger partial charge in [0.25, 0.3) is 5.91 Å². The van der Waals surface area contributed by atoms with Crippen LogP contribution in [0.4, 0.5) is 13.2 Å². The van der Waals surface area contributed by atoms with Gasteiger partial charge in [0.1, 0.15) is 0 Å². The first-order chi connectivity index (χ1) is 18.3. The summed E-state index contributed by atoms with van der Waals surface area (Å²) in [5.74, 6) is -2.13. The molecule has 3 aliphatic rings. The second-order valence-corrected chi connectivity index (χ2v) is 11.6. The summed E-state index contributed by atoms with van der Waals surface area (Å²) in [4.78, 5) is 41.3. The molecule has 1 fully saturated rings. The summed E-state index contributed by atoms with van der Waals surface area (Å²) < 4.78 is 55.9. The number of rotatable bonds is 8. The zero-order valence-corrected chi connectivity index (χ0v) is 23.0. The number of para-hydroxylation sites is 1. The quantitative estimate of drug-likeness (QED) is 0.464. The predicted octanol–water partition coefficient (Wildman–Crippen LogP) is 5.47. The Hall–Kier alpha value is -3.04. The number of allylic oxidation sites excluding steroid dienone is 1. The van der Waals surface area contributed by atoms with Gasteiger partial charge in [-0.05, 0) is 30.2 Å². The van der Waals surface area contributed by atoms with Crippen molar-refractivity contribution in [2.24, 2.45) is 11.3 Å². The molecule has 0 saturated heterocycles. The van der Waals surface area contributed by atoms with Crippen LogP contribution in [0.25, 0.3) is 0 Å². The molecule has 0 spiro atoms. The third-order valence-corrected chi connectivity index (χ3v) is 8.19. The number of carbonyl (C=O) groups excluding carboxylic acids is 3. The third kappa shape index (κ3) is 5.39. The number of ether oxygens (including phenoxy) is 2. The number of methoxy groups -OCH3 is 2. The van der Waals surface area contributed by atoms with Crippen LogP contribution in [-0.2, 0) is 20.9 Å². The largest absolute Gasteiger partial charge is 0.493 e. The van der Waals surface area contributed by atoms with Crippen molar-refractivity contribution in [3.8, 4) is 11.5 Å². The number of ketones is 1. The molecular formula is C29H37F3N2O5. The summed E-state index contributed by atoms with van der Waals surface area (Å²) in [6.45, 7) is 3.27. The van der Waals surface area contributed by atoms with E-state index in [4.69, 9.17) is 9.47 Å². The topological polar surface area (TPSA) is 84.9 Å². The fourth-order valence-corrected chi connectivity index (χ4v) is 6.32. The second-order valence-electron chi connectivity index (χ2n) is 11.6. The van der Waals surface area contributed by atoms with Crippen LogP contribution in [0.5, 0.6) is 11.5 Å². The molecule has 0 radical (unpaired) electrons. The van der Waals surface area contributed by atoms with E-state index in [1.807, 2.05) is 0 Å². The van der Waals surface area contributed by atoms with Crippen molar-refractivity contribution < 1.29 is 37.0 Å². The molecule has 0 aromatic heterocycles. The first-order valence-corrected chi connectivity index (χ1v) is 13.5. The van der Waals surface area contributed by atoms with Crippen molar-refractivity contribution >= 4 is 17.6 Å². The minimum absolute atomic E-state index is 0.00368. The van der Waals surface area contributed by atoms with Crippen molar-refractivity contribution in [3.05, 3.63) is 35.0 Å². The number of Topliss-reactive ketones (excluding diaryl/α,β-unsaturated/α-hetero) is 1. The molecule has 10 heteroatoms. The van der Waals surface area contributed by atoms with Crippen molar-refractivity contribution in [2.45, 2.75) is 89.9 Å². The van der Waals surface area contributed by atoms with Crippen LogP contribution in [0.3, 0.4) is 0 Å². The standard InChI is InChI=1S/C29H37F3N2O5/c1-27(2)15-20-24(21(35)16-27)28(29(30,31)32,33-23(36)14-13-18-9-6-5-7-10-18)26(37)34(20)17-19-11-8-12-22(38-3)25(19)39-4/h8,11-12,18H,5-7,9-10,13-17H2,1-4H3,(H,33,36)/t28-/m0/s1. The highest BCUT2D eigenvalue weighted by molar-refractivity contribution is 6.13. The average Bonchev–Trinajstić information content (AvgIpc) is 3.10. The second kappa shape index (κ2) is 10.8. The summed E-state index contributed by atoms with van der Waals surface area (Å²) >= 11 is 0. The van der Waals surface area contributed by atoms with E-state index >= 15 is 13.2 Å². The van der Waals surface area contributed by atoms with E-state index in [0.717, 1.165) is 37.0 Å². The molecule has 1 aromatic carbocycles. The van der Waals surface area contributed by atoms with Crippen LogP contribution in [0.2, 0.25) is 0 Å². The number of alkyl halides is 3. The first kappa shape index (κ1) is 29.0. The number of halogens is 3. The van der Waals surface area contributed by atoms with Gasteiger partial charge < -0.3 is 19.7 Å². The van der Waals surface area contributed by atoms with E-state index in [9.17, 15) is 14.4 Å². The Morgan fingerprint density at radius 1 is 1.08 bits per heavy atom. The number of amides is 2. The van der Waals surface area contributed by atoms with Crippen LogP contribution in [0.15, 0.2) is 29.5 Å². The molecule has 0 bridgehead atoms. The maximum absolute atomic E-state index is 15.0. The fraction of sp³-hybridized carbons (Fsp3) is 0.621. The summed E-state index contributed by atoms with van der Waals surface area (Å²) in [5.41, 5.74) is -4.34. The maximum atomic E-state index is 15.0. The van der Waals surface area contributed by atoms with Crippen molar-refractivity contribution in [3.63, 3.8) is 0 Å². The Morgan fingerprint density at radius 3 is 2.38 bits per heavy atom. The van der Waals surface area contributed by atoms with E-state index in [-0.39, 0.29) is 43.2 Å². The smallest absolute Gasteiger partial charge is 0.425 e. The van der Waals surface area contributed by atoms with Crippen LogP contribution in [-0.4, -0.2) is 48.4 Å². The van der Waals surface area contributed by atoms with E-state index in [1.165, 1.54) is 14.2 Å². The van der Waals surface area contributed by atoms with Crippen LogP contribution in [0, 0.1) is 11.3 Å². The van der Waals surface area contributed by atoms with Crippen LogP contribution < -0.4 is 14.8 Å². The van der Waals surface area contributed by atoms with Gasteiger partial charge in [0.2, 0.25) is 11.4 Å². The lowest BCUT2D eigenvalue weighted by molar-refractivity contribution is -0.194. The molecule has 1 aromatic rings. The number of nitrogens with zero attached hydrogens (tertiary/aromatic N) is 1. The van der Waals surface area contributed by atoms with Gasteiger partial charge in [-0.1, -0.05) is 58.1 Å². The molecule has 214 valence electrons. The number of hydrogen-bond donors (Lipinski definition) is 1. The van der Waals surface area contributed by atoms with Gasteiger partial charge in [-0.3, -0.25) is 14.4 Å². The van der Waals surface area contributed by atoms with Gasteiger partial charge in [0, 0.05) is 24.1 Å². The molecule has 1 N–H and O–H groups in total. The molecule has 2 aliphatic carbocycles. The van der Waals surface area contributed by atoms with Crippen molar-refractivity contribution in [2.75, 3.05) is 14.2 Å². The van der Waals surface area contributed by atoms with E-state index < -0.39 is 40.3 Å². The number of benzene rings is 1. The zero-order valence-electron chi connectivity index (χ0n) is 23.0. The molecule has 1 atom stereocenters. The molecular weight excluding hydrogens is 513 g/mol. The molecule has 2 amide bonds. The highest BCUT2D eigenvalue weighted by atomic mass is 19.4.